The number of guanidine groups is 1. The van der Waals surface area contributed by atoms with Gasteiger partial charge in [-0.05, 0) is 26.2 Å². The van der Waals surface area contributed by atoms with Crippen LogP contribution in [0.25, 0.3) is 0 Å². The molecule has 0 aliphatic carbocycles. The van der Waals surface area contributed by atoms with Crippen LogP contribution in [0.2, 0.25) is 0 Å². The molecule has 0 spiro atoms. The van der Waals surface area contributed by atoms with Gasteiger partial charge in [-0.3, -0.25) is 14.6 Å². The van der Waals surface area contributed by atoms with Crippen LogP contribution in [-0.4, -0.2) is 127 Å². The number of carbonyl (C=O) groups is 3. The van der Waals surface area contributed by atoms with Crippen molar-refractivity contribution in [2.45, 2.75) is 121 Å². The number of aliphatic carboxylic acids is 1. The van der Waals surface area contributed by atoms with E-state index in [9.17, 15) is 29.7 Å². The second kappa shape index (κ2) is 20.3. The number of allylic oxidation sites excluding steroid dienone is 4. The van der Waals surface area contributed by atoms with Gasteiger partial charge >= 0.3 is 5.97 Å². The fourth-order valence-corrected chi connectivity index (χ4v) is 6.84. The number of nitrogens with zero attached hydrogens (tertiary/aromatic N) is 1. The summed E-state index contributed by atoms with van der Waals surface area (Å²) in [6.07, 6.45) is 4.08. The normalized spacial score (nSPS) is 31.5. The zero-order valence-corrected chi connectivity index (χ0v) is 32.0. The number of carbonyl (C=O) groups excluding carboxylic acids is 2. The Labute approximate surface area is 316 Å². The molecule has 304 valence electrons. The number of aliphatic imine (C=N–C) groups is 1. The van der Waals surface area contributed by atoms with Crippen molar-refractivity contribution in [2.75, 3.05) is 27.6 Å². The molecule has 3 saturated heterocycles. The third kappa shape index (κ3) is 11.7. The largest absolute Gasteiger partial charge is 0.480 e. The van der Waals surface area contributed by atoms with E-state index in [1.54, 1.807) is 31.4 Å². The lowest BCUT2D eigenvalue weighted by molar-refractivity contribution is -0.332. The molecule has 0 unspecified atom stereocenters. The van der Waals surface area contributed by atoms with Crippen LogP contribution in [0.15, 0.2) is 53.6 Å². The van der Waals surface area contributed by atoms with Gasteiger partial charge in [-0.2, -0.15) is 0 Å². The highest BCUT2D eigenvalue weighted by molar-refractivity contribution is 5.91. The smallest absolute Gasteiger partial charge is 0.326 e. The van der Waals surface area contributed by atoms with Gasteiger partial charge in [0.2, 0.25) is 11.7 Å². The first kappa shape index (κ1) is 44.7. The maximum Gasteiger partial charge on any atom is 0.326 e. The maximum absolute atomic E-state index is 13.5. The van der Waals surface area contributed by atoms with Crippen molar-refractivity contribution < 1.29 is 58.1 Å². The minimum atomic E-state index is -1.72. The predicted octanol–water partition coefficient (Wildman–Crippen LogP) is 0.748. The van der Waals surface area contributed by atoms with E-state index >= 15 is 0 Å². The van der Waals surface area contributed by atoms with E-state index < -0.39 is 77.9 Å². The molecule has 0 aromatic rings. The topological polar surface area (TPSA) is 256 Å². The van der Waals surface area contributed by atoms with E-state index in [1.165, 1.54) is 19.3 Å². The first-order valence-corrected chi connectivity index (χ1v) is 18.0. The van der Waals surface area contributed by atoms with Gasteiger partial charge in [0.1, 0.15) is 25.0 Å². The molecule has 0 radical (unpaired) electrons. The number of ether oxygens (including phenoxy) is 6. The third-order valence-electron chi connectivity index (χ3n) is 10.2. The van der Waals surface area contributed by atoms with Crippen molar-refractivity contribution in [1.29, 1.82) is 0 Å². The number of methoxy groups -OCH3 is 2. The van der Waals surface area contributed by atoms with Crippen LogP contribution in [0.3, 0.4) is 0 Å². The summed E-state index contributed by atoms with van der Waals surface area (Å²) < 4.78 is 35.7. The molecule has 0 bridgehead atoms. The third-order valence-corrected chi connectivity index (χ3v) is 10.2. The van der Waals surface area contributed by atoms with E-state index in [0.29, 0.717) is 6.42 Å². The van der Waals surface area contributed by atoms with Crippen molar-refractivity contribution >= 4 is 23.7 Å². The predicted molar refractivity (Wildman–Crippen MR) is 197 cm³/mol. The Kier molecular flexibility index (Phi) is 16.8. The molecule has 3 fully saturated rings. The number of hydrogen-bond acceptors (Lipinski definition) is 12. The highest BCUT2D eigenvalue weighted by Crippen LogP contribution is 2.44. The van der Waals surface area contributed by atoms with Crippen molar-refractivity contribution in [2.24, 2.45) is 27.8 Å². The van der Waals surface area contributed by atoms with Crippen LogP contribution >= 0.6 is 0 Å². The van der Waals surface area contributed by atoms with Crippen LogP contribution < -0.4 is 22.1 Å². The highest BCUT2D eigenvalue weighted by atomic mass is 16.7. The van der Waals surface area contributed by atoms with Crippen LogP contribution in [0.5, 0.6) is 0 Å². The summed E-state index contributed by atoms with van der Waals surface area (Å²) in [5, 5.41) is 36.8. The number of aliphatic hydroxyl groups excluding tert-OH is 2. The standard InChI is InChI=1S/C37H59N5O12/c1-21-19-37(50-7,54-23(3)22(21)2)30(45)32(46)42-33-29-28(51-20-52-33)31(49-6)36(4,5)26(53-29)18-24(43)14-11-9-8-10-12-16-27(44)41-25(34(47)48)15-13-17-40-35(38)39/h8-12,16,22-26,28-31,33,43,45H,1,13-15,17-20H2,2-7H3,(H,41,44)(H,42,46)(H,47,48)(H4,38,39,40)/b10-8-,11-9-,16-12+/t22-,23-,24-,25+,26-,28+,29+,30-,31-,33+,37-/m1/s1. The summed E-state index contributed by atoms with van der Waals surface area (Å²) in [5.41, 5.74) is 10.7. The number of rotatable bonds is 18. The van der Waals surface area contributed by atoms with Gasteiger partial charge in [-0.25, -0.2) is 4.79 Å². The lowest BCUT2D eigenvalue weighted by atomic mass is 9.72. The van der Waals surface area contributed by atoms with E-state index in [4.69, 9.17) is 39.9 Å². The molecule has 3 aliphatic heterocycles. The lowest BCUT2D eigenvalue weighted by Gasteiger charge is -2.54. The van der Waals surface area contributed by atoms with Gasteiger partial charge in [0.25, 0.3) is 5.91 Å². The van der Waals surface area contributed by atoms with Gasteiger partial charge in [0.05, 0.1) is 24.4 Å². The Balaban J connectivity index is 1.58. The minimum Gasteiger partial charge on any atom is -0.480 e. The number of amides is 2. The maximum atomic E-state index is 13.5. The van der Waals surface area contributed by atoms with E-state index in [-0.39, 0.29) is 57.0 Å². The SMILES string of the molecule is C=C1C[C@](OC)([C@H](O)C(=O)N[C@H]2OCO[C@H]3[C@@H]2O[C@H](C[C@H](O)C\C=C/C=C\C=C\C(=O)N[C@@H](CCCN=C(N)N)C(=O)O)C(C)(C)[C@@H]3OC)O[C@H](C)[C@@H]1C. The average molecular weight is 766 g/mol. The van der Waals surface area contributed by atoms with Crippen LogP contribution in [0.4, 0.5) is 0 Å². The van der Waals surface area contributed by atoms with Gasteiger partial charge < -0.3 is 65.8 Å². The molecule has 54 heavy (non-hydrogen) atoms. The second-order valence-electron chi connectivity index (χ2n) is 14.4. The van der Waals surface area contributed by atoms with Gasteiger partial charge in [0.15, 0.2) is 18.3 Å². The molecule has 3 aliphatic rings. The van der Waals surface area contributed by atoms with Crippen molar-refractivity contribution in [1.82, 2.24) is 10.6 Å². The zero-order valence-electron chi connectivity index (χ0n) is 32.0. The van der Waals surface area contributed by atoms with Gasteiger partial charge in [-0.15, -0.1) is 0 Å². The molecule has 9 N–H and O–H groups in total. The number of fused-ring (bicyclic) bond motifs is 1. The monoisotopic (exact) mass is 765 g/mol. The van der Waals surface area contributed by atoms with Crippen LogP contribution in [0, 0.1) is 11.3 Å². The summed E-state index contributed by atoms with van der Waals surface area (Å²) in [6.45, 7) is 11.9. The Morgan fingerprint density at radius 3 is 2.43 bits per heavy atom. The number of nitrogens with two attached hydrogens (primary N) is 2. The summed E-state index contributed by atoms with van der Waals surface area (Å²) in [4.78, 5) is 40.9. The zero-order chi connectivity index (χ0) is 40.2. The minimum absolute atomic E-state index is 0.0111. The molecule has 3 rings (SSSR count). The summed E-state index contributed by atoms with van der Waals surface area (Å²) in [7, 11) is 2.93. The average Bonchev–Trinajstić information content (AvgIpc) is 3.11. The van der Waals surface area contributed by atoms with Crippen molar-refractivity contribution in [3.05, 3.63) is 48.6 Å². The molecular weight excluding hydrogens is 706 g/mol. The fraction of sp³-hybridized carbons (Fsp3) is 0.676. The molecular formula is C37H59N5O12. The first-order valence-electron chi connectivity index (χ1n) is 18.0. The first-order chi connectivity index (χ1) is 25.5. The van der Waals surface area contributed by atoms with Crippen LogP contribution in [-0.2, 0) is 42.8 Å². The van der Waals surface area contributed by atoms with E-state index in [2.05, 4.69) is 22.2 Å². The Morgan fingerprint density at radius 1 is 1.09 bits per heavy atom. The lowest BCUT2D eigenvalue weighted by Crippen LogP contribution is -2.69. The van der Waals surface area contributed by atoms with Crippen LogP contribution in [0.1, 0.15) is 59.8 Å². The molecule has 2 amide bonds. The molecule has 0 aromatic carbocycles. The fourth-order valence-electron chi connectivity index (χ4n) is 6.84. The summed E-state index contributed by atoms with van der Waals surface area (Å²) >= 11 is 0. The Morgan fingerprint density at radius 2 is 1.80 bits per heavy atom. The molecule has 0 saturated carbocycles. The number of hydrogen-bond donors (Lipinski definition) is 7. The number of aliphatic hydroxyl groups is 2. The molecule has 17 heteroatoms. The molecule has 17 nitrogen and oxygen atoms in total. The van der Waals surface area contributed by atoms with Gasteiger partial charge in [-0.1, -0.05) is 63.3 Å². The summed E-state index contributed by atoms with van der Waals surface area (Å²) in [6, 6.07) is -1.08. The van der Waals surface area contributed by atoms with Crippen molar-refractivity contribution in [3.63, 3.8) is 0 Å². The Bertz CT molecular complexity index is 1420. The van der Waals surface area contributed by atoms with Gasteiger partial charge in [0, 0.05) is 51.0 Å². The molecule has 3 heterocycles. The number of nitrogens with one attached hydrogen (secondary N) is 2. The van der Waals surface area contributed by atoms with E-state index in [1.807, 2.05) is 27.7 Å². The second-order valence-corrected chi connectivity index (χ2v) is 14.4. The Hall–Kier alpha value is -3.68. The molecule has 11 atom stereocenters. The highest BCUT2D eigenvalue weighted by Gasteiger charge is 2.57. The molecule has 0 aromatic heterocycles. The number of carboxylic acids is 1. The van der Waals surface area contributed by atoms with Crippen molar-refractivity contribution in [3.8, 4) is 0 Å². The number of carboxylic acid groups (broad SMARTS) is 1. The quantitative estimate of drug-likeness (QED) is 0.0254. The summed E-state index contributed by atoms with van der Waals surface area (Å²) in [5.74, 6) is -4.23. The van der Waals surface area contributed by atoms with E-state index in [0.717, 1.165) is 5.57 Å².